The fourth-order valence-electron chi connectivity index (χ4n) is 1.71. The molecule has 0 bridgehead atoms. The summed E-state index contributed by atoms with van der Waals surface area (Å²) in [5, 5.41) is 11.9. The van der Waals surface area contributed by atoms with Gasteiger partial charge in [-0.15, -0.1) is 10.2 Å². The van der Waals surface area contributed by atoms with Gasteiger partial charge in [0.15, 0.2) is 0 Å². The summed E-state index contributed by atoms with van der Waals surface area (Å²) in [6.07, 6.45) is 0. The number of anilines is 1. The maximum absolute atomic E-state index is 11.7. The van der Waals surface area contributed by atoms with Gasteiger partial charge in [0.05, 0.1) is 6.54 Å². The molecule has 0 radical (unpaired) electrons. The van der Waals surface area contributed by atoms with E-state index in [9.17, 15) is 4.79 Å². The summed E-state index contributed by atoms with van der Waals surface area (Å²) in [4.78, 5) is 16.2. The Morgan fingerprint density at radius 3 is 2.65 bits per heavy atom. The minimum absolute atomic E-state index is 0.00861. The third-order valence-electron chi connectivity index (χ3n) is 2.74. The highest BCUT2D eigenvalue weighted by molar-refractivity contribution is 7.15. The molecule has 1 aromatic rings. The number of piperazine rings is 1. The summed E-state index contributed by atoms with van der Waals surface area (Å²) in [7, 11) is 2.10. The average Bonchev–Trinajstić information content (AvgIpc) is 2.67. The second kappa shape index (κ2) is 5.52. The maximum atomic E-state index is 11.7. The second-order valence-electron chi connectivity index (χ2n) is 4.25. The van der Waals surface area contributed by atoms with Crippen LogP contribution >= 0.6 is 11.3 Å². The highest BCUT2D eigenvalue weighted by atomic mass is 32.1. The molecule has 1 aliphatic heterocycles. The van der Waals surface area contributed by atoms with Crippen molar-refractivity contribution in [2.75, 3.05) is 45.1 Å². The predicted molar refractivity (Wildman–Crippen MR) is 67.2 cm³/mol. The number of rotatable bonds is 3. The molecule has 1 aliphatic rings. The zero-order chi connectivity index (χ0) is 12.3. The van der Waals surface area contributed by atoms with Gasteiger partial charge in [-0.05, 0) is 14.0 Å². The van der Waals surface area contributed by atoms with Gasteiger partial charge in [-0.3, -0.25) is 15.0 Å². The molecule has 0 aromatic carbocycles. The molecular weight excluding hydrogens is 238 g/mol. The van der Waals surface area contributed by atoms with Gasteiger partial charge in [-0.2, -0.15) is 0 Å². The van der Waals surface area contributed by atoms with Crippen LogP contribution in [0.25, 0.3) is 0 Å². The molecule has 0 aliphatic carbocycles. The summed E-state index contributed by atoms with van der Waals surface area (Å²) >= 11 is 1.40. The summed E-state index contributed by atoms with van der Waals surface area (Å²) < 4.78 is 0. The zero-order valence-electron chi connectivity index (χ0n) is 10.1. The second-order valence-corrected chi connectivity index (χ2v) is 5.44. The van der Waals surface area contributed by atoms with Crippen LogP contribution in [0, 0.1) is 6.92 Å². The summed E-state index contributed by atoms with van der Waals surface area (Å²) in [6, 6.07) is 0. The van der Waals surface area contributed by atoms with E-state index >= 15 is 0 Å². The van der Waals surface area contributed by atoms with Crippen LogP contribution in [-0.4, -0.2) is 65.7 Å². The van der Waals surface area contributed by atoms with Crippen LogP contribution in [0.15, 0.2) is 0 Å². The molecule has 0 atom stereocenters. The highest BCUT2D eigenvalue weighted by Gasteiger charge is 2.17. The summed E-state index contributed by atoms with van der Waals surface area (Å²) in [5.74, 6) is -0.00861. The van der Waals surface area contributed by atoms with Crippen molar-refractivity contribution in [3.63, 3.8) is 0 Å². The van der Waals surface area contributed by atoms with E-state index in [0.29, 0.717) is 11.7 Å². The van der Waals surface area contributed by atoms with E-state index in [1.807, 2.05) is 6.92 Å². The number of nitrogens with zero attached hydrogens (tertiary/aromatic N) is 4. The van der Waals surface area contributed by atoms with Gasteiger partial charge in [0.1, 0.15) is 5.01 Å². The van der Waals surface area contributed by atoms with Crippen molar-refractivity contribution in [2.45, 2.75) is 6.92 Å². The van der Waals surface area contributed by atoms with Gasteiger partial charge in [-0.25, -0.2) is 0 Å². The molecule has 1 saturated heterocycles. The Morgan fingerprint density at radius 1 is 1.35 bits per heavy atom. The maximum Gasteiger partial charge on any atom is 0.240 e. The number of carbonyl (C=O) groups is 1. The number of likely N-dealkylation sites (N-methyl/N-ethyl adjacent to an activating group) is 1. The molecule has 2 rings (SSSR count). The summed E-state index contributed by atoms with van der Waals surface area (Å²) in [6.45, 7) is 6.23. The minimum Gasteiger partial charge on any atom is -0.304 e. The van der Waals surface area contributed by atoms with Crippen molar-refractivity contribution in [1.82, 2.24) is 20.0 Å². The van der Waals surface area contributed by atoms with Crippen molar-refractivity contribution in [1.29, 1.82) is 0 Å². The lowest BCUT2D eigenvalue weighted by Gasteiger charge is -2.31. The molecule has 6 nitrogen and oxygen atoms in total. The van der Waals surface area contributed by atoms with Crippen LogP contribution in [0.1, 0.15) is 5.01 Å². The van der Waals surface area contributed by atoms with E-state index in [-0.39, 0.29) is 5.91 Å². The predicted octanol–water partition coefficient (Wildman–Crippen LogP) is 0.0324. The zero-order valence-corrected chi connectivity index (χ0v) is 11.0. The van der Waals surface area contributed by atoms with Gasteiger partial charge in [0, 0.05) is 26.2 Å². The van der Waals surface area contributed by atoms with E-state index in [1.165, 1.54) is 11.3 Å². The summed E-state index contributed by atoms with van der Waals surface area (Å²) in [5.41, 5.74) is 0. The number of hydrogen-bond donors (Lipinski definition) is 1. The lowest BCUT2D eigenvalue weighted by Crippen LogP contribution is -2.47. The molecule has 94 valence electrons. The average molecular weight is 255 g/mol. The van der Waals surface area contributed by atoms with Gasteiger partial charge >= 0.3 is 0 Å². The van der Waals surface area contributed by atoms with Gasteiger partial charge < -0.3 is 4.90 Å². The quantitative estimate of drug-likeness (QED) is 0.826. The smallest absolute Gasteiger partial charge is 0.240 e. The van der Waals surface area contributed by atoms with Crippen molar-refractivity contribution >= 4 is 22.4 Å². The minimum atomic E-state index is -0.00861. The molecule has 1 amide bonds. The third kappa shape index (κ3) is 3.72. The monoisotopic (exact) mass is 255 g/mol. The number of hydrogen-bond acceptors (Lipinski definition) is 6. The van der Waals surface area contributed by atoms with Crippen LogP contribution in [0.4, 0.5) is 5.13 Å². The third-order valence-corrected chi connectivity index (χ3v) is 3.49. The molecule has 17 heavy (non-hydrogen) atoms. The fraction of sp³-hybridized carbons (Fsp3) is 0.700. The number of aryl methyl sites for hydroxylation is 1. The Morgan fingerprint density at radius 2 is 2.06 bits per heavy atom. The SMILES string of the molecule is Cc1nnc(NC(=O)CN2CCN(C)CC2)s1. The van der Waals surface area contributed by atoms with Crippen LogP contribution in [0.3, 0.4) is 0 Å². The van der Waals surface area contributed by atoms with Crippen LogP contribution in [0.2, 0.25) is 0 Å². The fourth-order valence-corrected chi connectivity index (χ4v) is 2.32. The molecule has 0 unspecified atom stereocenters. The van der Waals surface area contributed by atoms with Gasteiger partial charge in [0.2, 0.25) is 11.0 Å². The van der Waals surface area contributed by atoms with Crippen molar-refractivity contribution in [3.05, 3.63) is 5.01 Å². The first-order chi connectivity index (χ1) is 8.13. The normalized spacial score (nSPS) is 18.2. The highest BCUT2D eigenvalue weighted by Crippen LogP contribution is 2.13. The van der Waals surface area contributed by atoms with E-state index in [1.54, 1.807) is 0 Å². The topological polar surface area (TPSA) is 61.4 Å². The Bertz CT molecular complexity index is 386. The van der Waals surface area contributed by atoms with Crippen molar-refractivity contribution < 1.29 is 4.79 Å². The molecule has 1 N–H and O–H groups in total. The lowest BCUT2D eigenvalue weighted by atomic mass is 10.3. The largest absolute Gasteiger partial charge is 0.304 e. The van der Waals surface area contributed by atoms with Crippen molar-refractivity contribution in [2.24, 2.45) is 0 Å². The number of nitrogens with one attached hydrogen (secondary N) is 1. The van der Waals surface area contributed by atoms with E-state index in [2.05, 4.69) is 32.4 Å². The first-order valence-electron chi connectivity index (χ1n) is 5.64. The van der Waals surface area contributed by atoms with E-state index < -0.39 is 0 Å². The Balaban J connectivity index is 1.77. The standard InChI is InChI=1S/C10H17N5OS/c1-8-12-13-10(17-8)11-9(16)7-15-5-3-14(2)4-6-15/h3-7H2,1-2H3,(H,11,13,16). The van der Waals surface area contributed by atoms with Crippen LogP contribution in [-0.2, 0) is 4.79 Å². The van der Waals surface area contributed by atoms with E-state index in [0.717, 1.165) is 31.2 Å². The van der Waals surface area contributed by atoms with Crippen LogP contribution < -0.4 is 5.32 Å². The van der Waals surface area contributed by atoms with Crippen LogP contribution in [0.5, 0.6) is 0 Å². The van der Waals surface area contributed by atoms with Crippen molar-refractivity contribution in [3.8, 4) is 0 Å². The Kier molecular flexibility index (Phi) is 4.03. The van der Waals surface area contributed by atoms with Gasteiger partial charge in [-0.1, -0.05) is 11.3 Å². The number of aromatic nitrogens is 2. The molecule has 2 heterocycles. The number of amides is 1. The molecule has 0 spiro atoms. The van der Waals surface area contributed by atoms with Gasteiger partial charge in [0.25, 0.3) is 0 Å². The van der Waals surface area contributed by atoms with E-state index in [4.69, 9.17) is 0 Å². The Labute approximate surface area is 105 Å². The molecule has 7 heteroatoms. The molecule has 1 fully saturated rings. The lowest BCUT2D eigenvalue weighted by molar-refractivity contribution is -0.117. The number of carbonyl (C=O) groups excluding carboxylic acids is 1. The first-order valence-corrected chi connectivity index (χ1v) is 6.46. The molecule has 1 aromatic heterocycles. The first kappa shape index (κ1) is 12.4. The molecule has 0 saturated carbocycles. The Hall–Kier alpha value is -1.05. The molecular formula is C10H17N5OS.